The lowest BCUT2D eigenvalue weighted by Crippen LogP contribution is -2.37. The molecule has 0 unspecified atom stereocenters. The fraction of sp³-hybridized carbons (Fsp3) is 0.174. The highest BCUT2D eigenvalue weighted by molar-refractivity contribution is 7.14. The van der Waals surface area contributed by atoms with Crippen LogP contribution in [0, 0.1) is 11.7 Å². The normalized spacial score (nSPS) is 16.0. The molecule has 7 heteroatoms. The van der Waals surface area contributed by atoms with Crippen molar-refractivity contribution in [2.75, 3.05) is 22.9 Å². The van der Waals surface area contributed by atoms with Crippen LogP contribution in [0.3, 0.4) is 0 Å². The minimum Gasteiger partial charge on any atom is -0.309 e. The average molecular weight is 421 g/mol. The number of carbonyl (C=O) groups excluding carboxylic acids is 2. The van der Waals surface area contributed by atoms with Gasteiger partial charge in [-0.15, -0.1) is 17.9 Å². The van der Waals surface area contributed by atoms with Crippen molar-refractivity contribution in [2.24, 2.45) is 5.92 Å². The van der Waals surface area contributed by atoms with Gasteiger partial charge in [0.05, 0.1) is 17.3 Å². The Kier molecular flexibility index (Phi) is 5.72. The Bertz CT molecular complexity index is 1080. The van der Waals surface area contributed by atoms with Gasteiger partial charge in [-0.3, -0.25) is 14.5 Å². The lowest BCUT2D eigenvalue weighted by molar-refractivity contribution is -0.124. The first-order chi connectivity index (χ1) is 14.6. The first-order valence-corrected chi connectivity index (χ1v) is 10.4. The van der Waals surface area contributed by atoms with Gasteiger partial charge in [0.15, 0.2) is 5.13 Å². The molecule has 0 bridgehead atoms. The van der Waals surface area contributed by atoms with Gasteiger partial charge in [0.1, 0.15) is 5.82 Å². The zero-order valence-corrected chi connectivity index (χ0v) is 17.0. The summed E-state index contributed by atoms with van der Waals surface area (Å²) in [6.07, 6.45) is 1.67. The van der Waals surface area contributed by atoms with Crippen LogP contribution in [-0.2, 0) is 9.59 Å². The van der Waals surface area contributed by atoms with E-state index in [-0.39, 0.29) is 37.0 Å². The highest BCUT2D eigenvalue weighted by Crippen LogP contribution is 2.32. The summed E-state index contributed by atoms with van der Waals surface area (Å²) in [6, 6.07) is 15.8. The Balaban J connectivity index is 1.56. The van der Waals surface area contributed by atoms with Gasteiger partial charge in [-0.1, -0.05) is 48.5 Å². The SMILES string of the molecule is C=CCN(C(=O)[C@@H]1CC(=O)N(c2ccccc2F)C1)c1nc(-c2ccccc2)cs1. The van der Waals surface area contributed by atoms with Gasteiger partial charge in [-0.2, -0.15) is 0 Å². The number of thiazole rings is 1. The Morgan fingerprint density at radius 1 is 1.23 bits per heavy atom. The van der Waals surface area contributed by atoms with E-state index < -0.39 is 11.7 Å². The summed E-state index contributed by atoms with van der Waals surface area (Å²) in [5.41, 5.74) is 1.95. The summed E-state index contributed by atoms with van der Waals surface area (Å²) in [4.78, 5) is 33.3. The van der Waals surface area contributed by atoms with Gasteiger partial charge >= 0.3 is 0 Å². The predicted octanol–water partition coefficient (Wildman–Crippen LogP) is 4.52. The molecule has 3 aromatic rings. The van der Waals surface area contributed by atoms with Crippen molar-refractivity contribution < 1.29 is 14.0 Å². The van der Waals surface area contributed by atoms with Crippen molar-refractivity contribution in [1.82, 2.24) is 4.98 Å². The molecule has 1 saturated heterocycles. The van der Waals surface area contributed by atoms with Crippen molar-refractivity contribution in [3.05, 3.63) is 78.4 Å². The van der Waals surface area contributed by atoms with E-state index in [0.717, 1.165) is 11.3 Å². The zero-order chi connectivity index (χ0) is 21.1. The van der Waals surface area contributed by atoms with Crippen LogP contribution in [0.5, 0.6) is 0 Å². The van der Waals surface area contributed by atoms with E-state index in [4.69, 9.17) is 0 Å². The average Bonchev–Trinajstić information content (AvgIpc) is 3.40. The molecule has 2 amide bonds. The van der Waals surface area contributed by atoms with Crippen LogP contribution in [-0.4, -0.2) is 29.9 Å². The standard InChI is InChI=1S/C23H20FN3O2S/c1-2-12-26(23-25-19(15-30-23)16-8-4-3-5-9-16)22(29)17-13-21(28)27(14-17)20-11-7-6-10-18(20)24/h2-11,15,17H,1,12-14H2/t17-/m1/s1. The third kappa shape index (κ3) is 3.89. The molecule has 0 aliphatic carbocycles. The second-order valence-corrected chi connectivity index (χ2v) is 7.81. The van der Waals surface area contributed by atoms with E-state index in [1.165, 1.54) is 22.3 Å². The Morgan fingerprint density at radius 2 is 1.97 bits per heavy atom. The molecule has 30 heavy (non-hydrogen) atoms. The molecule has 0 saturated carbocycles. The number of hydrogen-bond donors (Lipinski definition) is 0. The second kappa shape index (κ2) is 8.59. The molecule has 0 spiro atoms. The van der Waals surface area contributed by atoms with Crippen LogP contribution < -0.4 is 9.80 Å². The minimum atomic E-state index is -0.568. The fourth-order valence-corrected chi connectivity index (χ4v) is 4.37. The topological polar surface area (TPSA) is 53.5 Å². The number of anilines is 2. The summed E-state index contributed by atoms with van der Waals surface area (Å²) in [5, 5.41) is 2.45. The van der Waals surface area contributed by atoms with Crippen LogP contribution in [0.25, 0.3) is 11.3 Å². The van der Waals surface area contributed by atoms with Crippen LogP contribution >= 0.6 is 11.3 Å². The maximum atomic E-state index is 14.1. The van der Waals surface area contributed by atoms with Crippen LogP contribution in [0.4, 0.5) is 15.2 Å². The Hall–Kier alpha value is -3.32. The maximum Gasteiger partial charge on any atom is 0.234 e. The number of carbonyl (C=O) groups is 2. The first kappa shape index (κ1) is 20.0. The number of hydrogen-bond acceptors (Lipinski definition) is 4. The van der Waals surface area contributed by atoms with Crippen molar-refractivity contribution in [2.45, 2.75) is 6.42 Å². The van der Waals surface area contributed by atoms with E-state index in [9.17, 15) is 14.0 Å². The summed E-state index contributed by atoms with van der Waals surface area (Å²) in [5.74, 6) is -1.52. The van der Waals surface area contributed by atoms with Crippen LogP contribution in [0.2, 0.25) is 0 Å². The number of rotatable bonds is 6. The monoisotopic (exact) mass is 421 g/mol. The van der Waals surface area contributed by atoms with Crippen molar-refractivity contribution >= 4 is 34.0 Å². The van der Waals surface area contributed by atoms with Crippen molar-refractivity contribution in [1.29, 1.82) is 0 Å². The molecule has 1 atom stereocenters. The lowest BCUT2D eigenvalue weighted by atomic mass is 10.1. The molecule has 0 radical (unpaired) electrons. The molecule has 2 aromatic carbocycles. The predicted molar refractivity (Wildman–Crippen MR) is 117 cm³/mol. The van der Waals surface area contributed by atoms with Gasteiger partial charge in [0.25, 0.3) is 0 Å². The largest absolute Gasteiger partial charge is 0.309 e. The molecule has 1 aromatic heterocycles. The molecule has 2 heterocycles. The third-order valence-corrected chi connectivity index (χ3v) is 5.85. The van der Waals surface area contributed by atoms with E-state index >= 15 is 0 Å². The summed E-state index contributed by atoms with van der Waals surface area (Å²) >= 11 is 1.37. The molecule has 1 fully saturated rings. The quantitative estimate of drug-likeness (QED) is 0.550. The van der Waals surface area contributed by atoms with E-state index in [1.54, 1.807) is 29.2 Å². The smallest absolute Gasteiger partial charge is 0.234 e. The highest BCUT2D eigenvalue weighted by atomic mass is 32.1. The molecule has 152 valence electrons. The number of aromatic nitrogens is 1. The molecular weight excluding hydrogens is 401 g/mol. The number of para-hydroxylation sites is 1. The molecular formula is C23H20FN3O2S. The van der Waals surface area contributed by atoms with E-state index in [2.05, 4.69) is 11.6 Å². The van der Waals surface area contributed by atoms with Gasteiger partial charge in [-0.25, -0.2) is 9.37 Å². The number of halogens is 1. The first-order valence-electron chi connectivity index (χ1n) is 9.56. The van der Waals surface area contributed by atoms with Crippen molar-refractivity contribution in [3.63, 3.8) is 0 Å². The number of nitrogens with zero attached hydrogens (tertiary/aromatic N) is 3. The number of amides is 2. The van der Waals surface area contributed by atoms with Gasteiger partial charge < -0.3 is 4.90 Å². The van der Waals surface area contributed by atoms with Crippen LogP contribution in [0.15, 0.2) is 72.6 Å². The maximum absolute atomic E-state index is 14.1. The Morgan fingerprint density at radius 3 is 2.70 bits per heavy atom. The highest BCUT2D eigenvalue weighted by Gasteiger charge is 2.38. The van der Waals surface area contributed by atoms with E-state index in [1.807, 2.05) is 35.7 Å². The third-order valence-electron chi connectivity index (χ3n) is 4.99. The molecule has 1 aliphatic heterocycles. The molecule has 4 rings (SSSR count). The zero-order valence-electron chi connectivity index (χ0n) is 16.2. The lowest BCUT2D eigenvalue weighted by Gasteiger charge is -2.22. The molecule has 0 N–H and O–H groups in total. The van der Waals surface area contributed by atoms with Gasteiger partial charge in [0.2, 0.25) is 11.8 Å². The van der Waals surface area contributed by atoms with Crippen LogP contribution in [0.1, 0.15) is 6.42 Å². The van der Waals surface area contributed by atoms with Crippen molar-refractivity contribution in [3.8, 4) is 11.3 Å². The molecule has 5 nitrogen and oxygen atoms in total. The summed E-state index contributed by atoms with van der Waals surface area (Å²) in [6.45, 7) is 4.17. The molecule has 1 aliphatic rings. The Labute approximate surface area is 178 Å². The minimum absolute atomic E-state index is 0.0394. The van der Waals surface area contributed by atoms with E-state index in [0.29, 0.717) is 5.13 Å². The fourth-order valence-electron chi connectivity index (χ4n) is 3.52. The summed E-state index contributed by atoms with van der Waals surface area (Å²) in [7, 11) is 0. The summed E-state index contributed by atoms with van der Waals surface area (Å²) < 4.78 is 14.1. The second-order valence-electron chi connectivity index (χ2n) is 6.98. The number of benzene rings is 2. The van der Waals surface area contributed by atoms with Gasteiger partial charge in [-0.05, 0) is 12.1 Å². The van der Waals surface area contributed by atoms with Gasteiger partial charge in [0, 0.05) is 30.5 Å².